The van der Waals surface area contributed by atoms with Crippen LogP contribution in [-0.4, -0.2) is 30.5 Å². The van der Waals surface area contributed by atoms with Gasteiger partial charge in [-0.2, -0.15) is 0 Å². The normalized spacial score (nSPS) is 21.0. The number of hydrogen-bond donors (Lipinski definition) is 2. The maximum Gasteiger partial charge on any atom is 0.303 e. The third-order valence-electron chi connectivity index (χ3n) is 4.11. The molecule has 0 amide bonds. The summed E-state index contributed by atoms with van der Waals surface area (Å²) in [5.74, 6) is -0.890. The highest BCUT2D eigenvalue weighted by Crippen LogP contribution is 2.31. The number of carboxylic acids is 1. The summed E-state index contributed by atoms with van der Waals surface area (Å²) in [6.07, 6.45) is 2.92. The number of fused-ring (bicyclic) bond motifs is 1. The van der Waals surface area contributed by atoms with Crippen molar-refractivity contribution in [3.63, 3.8) is 0 Å². The van der Waals surface area contributed by atoms with Gasteiger partial charge in [-0.25, -0.2) is 13.1 Å². The van der Waals surface area contributed by atoms with Crippen LogP contribution in [0.4, 0.5) is 0 Å². The number of sulfonamides is 1. The van der Waals surface area contributed by atoms with Crippen molar-refractivity contribution in [2.24, 2.45) is 5.92 Å². The molecule has 3 rings (SSSR count). The van der Waals surface area contributed by atoms with Gasteiger partial charge in [-0.1, -0.05) is 24.3 Å². The van der Waals surface area contributed by atoms with Crippen LogP contribution >= 0.6 is 0 Å². The smallest absolute Gasteiger partial charge is 0.303 e. The average molecular weight is 334 g/mol. The van der Waals surface area contributed by atoms with Crippen molar-refractivity contribution in [2.45, 2.75) is 31.1 Å². The summed E-state index contributed by atoms with van der Waals surface area (Å²) in [4.78, 5) is 14.9. The average Bonchev–Trinajstić information content (AvgIpc) is 2.44. The first-order chi connectivity index (χ1) is 10.9. The van der Waals surface area contributed by atoms with Gasteiger partial charge in [-0.05, 0) is 30.4 Å². The molecule has 2 N–H and O–H groups in total. The number of hydrogen-bond acceptors (Lipinski definition) is 4. The Morgan fingerprint density at radius 1 is 1.26 bits per heavy atom. The molecule has 0 radical (unpaired) electrons. The topological polar surface area (TPSA) is 96.4 Å². The molecule has 1 aromatic heterocycles. The molecule has 1 aliphatic rings. The van der Waals surface area contributed by atoms with E-state index in [4.69, 9.17) is 5.11 Å². The predicted molar refractivity (Wildman–Crippen MR) is 86.3 cm³/mol. The van der Waals surface area contributed by atoms with Gasteiger partial charge in [-0.15, -0.1) is 0 Å². The van der Waals surface area contributed by atoms with Crippen LogP contribution in [0.5, 0.6) is 0 Å². The van der Waals surface area contributed by atoms with Crippen LogP contribution in [0.15, 0.2) is 36.5 Å². The fourth-order valence-electron chi connectivity index (χ4n) is 3.03. The zero-order valence-electron chi connectivity index (χ0n) is 12.5. The van der Waals surface area contributed by atoms with E-state index < -0.39 is 16.0 Å². The first-order valence-electron chi connectivity index (χ1n) is 7.47. The molecular weight excluding hydrogens is 316 g/mol. The molecule has 0 saturated heterocycles. The van der Waals surface area contributed by atoms with Crippen molar-refractivity contribution in [1.29, 1.82) is 0 Å². The second-order valence-electron chi connectivity index (χ2n) is 6.00. The molecule has 122 valence electrons. The fraction of sp³-hybridized carbons (Fsp3) is 0.375. The van der Waals surface area contributed by atoms with E-state index in [1.807, 2.05) is 24.3 Å². The number of aromatic nitrogens is 1. The van der Waals surface area contributed by atoms with Crippen LogP contribution in [0.3, 0.4) is 0 Å². The number of para-hydroxylation sites is 1. The highest BCUT2D eigenvalue weighted by molar-refractivity contribution is 7.88. The second kappa shape index (κ2) is 6.25. The summed E-state index contributed by atoms with van der Waals surface area (Å²) in [6.45, 7) is 0. The Labute approximate surface area is 134 Å². The third-order valence-corrected chi connectivity index (χ3v) is 5.49. The van der Waals surface area contributed by atoms with Gasteiger partial charge in [0.2, 0.25) is 10.0 Å². The highest BCUT2D eigenvalue weighted by Gasteiger charge is 2.33. The second-order valence-corrected chi connectivity index (χ2v) is 7.76. The Bertz CT molecular complexity index is 824. The summed E-state index contributed by atoms with van der Waals surface area (Å²) < 4.78 is 27.3. The highest BCUT2D eigenvalue weighted by atomic mass is 32.2. The van der Waals surface area contributed by atoms with Crippen LogP contribution in [0, 0.1) is 5.92 Å². The number of pyridine rings is 1. The Balaban J connectivity index is 1.66. The van der Waals surface area contributed by atoms with E-state index in [9.17, 15) is 13.2 Å². The molecule has 6 nitrogen and oxygen atoms in total. The van der Waals surface area contributed by atoms with Crippen LogP contribution in [0.1, 0.15) is 24.8 Å². The van der Waals surface area contributed by atoms with Gasteiger partial charge in [-0.3, -0.25) is 9.78 Å². The molecule has 0 bridgehead atoms. The standard InChI is InChI=1S/C16H18N2O4S/c19-15(20)9-11-7-14(8-11)18-23(21,22)10-13-4-1-3-12-5-2-6-17-16(12)13/h1-6,11,14,18H,7-10H2,(H,19,20). The summed E-state index contributed by atoms with van der Waals surface area (Å²) in [7, 11) is -3.48. The van der Waals surface area contributed by atoms with Crippen LogP contribution in [0.25, 0.3) is 10.9 Å². The summed E-state index contributed by atoms with van der Waals surface area (Å²) >= 11 is 0. The van der Waals surface area contributed by atoms with E-state index in [-0.39, 0.29) is 24.1 Å². The van der Waals surface area contributed by atoms with Crippen LogP contribution in [-0.2, 0) is 20.6 Å². The molecule has 1 aromatic carbocycles. The van der Waals surface area contributed by atoms with Gasteiger partial charge in [0.15, 0.2) is 0 Å². The van der Waals surface area contributed by atoms with E-state index >= 15 is 0 Å². The molecule has 0 aliphatic heterocycles. The molecule has 2 aromatic rings. The predicted octanol–water partition coefficient (Wildman–Crippen LogP) is 1.91. The lowest BCUT2D eigenvalue weighted by atomic mass is 9.79. The zero-order valence-corrected chi connectivity index (χ0v) is 13.3. The summed E-state index contributed by atoms with van der Waals surface area (Å²) in [5, 5.41) is 9.63. The number of carbonyl (C=O) groups is 1. The Kier molecular flexibility index (Phi) is 4.32. The van der Waals surface area contributed by atoms with Crippen molar-refractivity contribution in [2.75, 3.05) is 0 Å². The number of rotatable bonds is 6. The number of benzene rings is 1. The zero-order chi connectivity index (χ0) is 16.4. The first kappa shape index (κ1) is 15.9. The lowest BCUT2D eigenvalue weighted by molar-refractivity contribution is -0.138. The number of nitrogens with zero attached hydrogens (tertiary/aromatic N) is 1. The molecule has 1 aliphatic carbocycles. The molecule has 1 saturated carbocycles. The number of aliphatic carboxylic acids is 1. The molecular formula is C16H18N2O4S. The van der Waals surface area contributed by atoms with E-state index in [0.717, 1.165) is 5.39 Å². The van der Waals surface area contributed by atoms with E-state index in [1.165, 1.54) is 0 Å². The minimum absolute atomic E-state index is 0.0689. The maximum atomic E-state index is 12.3. The van der Waals surface area contributed by atoms with Gasteiger partial charge in [0.1, 0.15) is 0 Å². The van der Waals surface area contributed by atoms with Gasteiger partial charge in [0.05, 0.1) is 11.3 Å². The largest absolute Gasteiger partial charge is 0.481 e. The quantitative estimate of drug-likeness (QED) is 0.841. The fourth-order valence-corrected chi connectivity index (χ4v) is 4.46. The van der Waals surface area contributed by atoms with Gasteiger partial charge in [0, 0.05) is 24.0 Å². The molecule has 7 heteroatoms. The Morgan fingerprint density at radius 3 is 2.74 bits per heavy atom. The lowest BCUT2D eigenvalue weighted by Gasteiger charge is -2.34. The number of nitrogens with one attached hydrogen (secondary N) is 1. The Morgan fingerprint density at radius 2 is 2.00 bits per heavy atom. The van der Waals surface area contributed by atoms with Gasteiger partial charge < -0.3 is 5.11 Å². The van der Waals surface area contributed by atoms with Crippen LogP contribution < -0.4 is 4.72 Å². The minimum Gasteiger partial charge on any atom is -0.481 e. The monoisotopic (exact) mass is 334 g/mol. The molecule has 1 heterocycles. The summed E-state index contributed by atoms with van der Waals surface area (Å²) in [6, 6.07) is 9.04. The minimum atomic E-state index is -3.48. The molecule has 0 atom stereocenters. The maximum absolute atomic E-state index is 12.3. The summed E-state index contributed by atoms with van der Waals surface area (Å²) in [5.41, 5.74) is 1.36. The van der Waals surface area contributed by atoms with Gasteiger partial charge >= 0.3 is 5.97 Å². The number of carboxylic acid groups (broad SMARTS) is 1. The molecule has 23 heavy (non-hydrogen) atoms. The molecule has 0 unspecified atom stereocenters. The Hall–Kier alpha value is -1.99. The third kappa shape index (κ3) is 3.86. The van der Waals surface area contributed by atoms with Crippen molar-refractivity contribution in [3.8, 4) is 0 Å². The van der Waals surface area contributed by atoms with Crippen LogP contribution in [0.2, 0.25) is 0 Å². The SMILES string of the molecule is O=C(O)CC1CC(NS(=O)(=O)Cc2cccc3cccnc23)C1. The van der Waals surface area contributed by atoms with E-state index in [1.54, 1.807) is 12.3 Å². The van der Waals surface area contributed by atoms with Crippen molar-refractivity contribution < 1.29 is 18.3 Å². The van der Waals surface area contributed by atoms with Crippen molar-refractivity contribution >= 4 is 26.9 Å². The first-order valence-corrected chi connectivity index (χ1v) is 9.12. The van der Waals surface area contributed by atoms with E-state index in [0.29, 0.717) is 23.9 Å². The molecule has 0 spiro atoms. The van der Waals surface area contributed by atoms with Crippen molar-refractivity contribution in [3.05, 3.63) is 42.1 Å². The van der Waals surface area contributed by atoms with Gasteiger partial charge in [0.25, 0.3) is 0 Å². The lowest BCUT2D eigenvalue weighted by Crippen LogP contribution is -2.45. The molecule has 1 fully saturated rings. The van der Waals surface area contributed by atoms with Crippen molar-refractivity contribution in [1.82, 2.24) is 9.71 Å². The van der Waals surface area contributed by atoms with E-state index in [2.05, 4.69) is 9.71 Å².